The quantitative estimate of drug-likeness (QED) is 0.319. The van der Waals surface area contributed by atoms with E-state index in [1.165, 1.54) is 30.0 Å². The molecule has 0 heterocycles. The highest BCUT2D eigenvalue weighted by molar-refractivity contribution is 8.00. The number of benzene rings is 3. The Bertz CT molecular complexity index is 997. The van der Waals surface area contributed by atoms with Gasteiger partial charge in [-0.3, -0.25) is 14.9 Å². The zero-order valence-electron chi connectivity index (χ0n) is 14.4. The molecule has 0 radical (unpaired) electrons. The van der Waals surface area contributed by atoms with Gasteiger partial charge in [0.05, 0.1) is 4.92 Å². The van der Waals surface area contributed by atoms with Crippen molar-refractivity contribution >= 4 is 40.6 Å². The van der Waals surface area contributed by atoms with Gasteiger partial charge in [-0.2, -0.15) is 0 Å². The third-order valence-electron chi connectivity index (χ3n) is 3.84. The molecule has 6 nitrogen and oxygen atoms in total. The number of nitrogens with one attached hydrogen (secondary N) is 1. The molecule has 0 fully saturated rings. The van der Waals surface area contributed by atoms with Crippen LogP contribution in [0.5, 0.6) is 5.75 Å². The van der Waals surface area contributed by atoms with E-state index in [1.807, 2.05) is 30.3 Å². The zero-order valence-corrected chi connectivity index (χ0v) is 16.0. The number of nitrogens with zero attached hydrogens (tertiary/aromatic N) is 1. The van der Waals surface area contributed by atoms with Crippen molar-refractivity contribution in [2.45, 2.75) is 10.1 Å². The number of carbonyl (C=O) groups excluding carboxylic acids is 1. The molecule has 0 spiro atoms. The van der Waals surface area contributed by atoms with E-state index in [0.29, 0.717) is 0 Å². The highest BCUT2D eigenvalue weighted by atomic mass is 35.5. The second kappa shape index (κ2) is 8.77. The Morgan fingerprint density at radius 3 is 2.39 bits per heavy atom. The first-order chi connectivity index (χ1) is 13.4. The first kappa shape index (κ1) is 19.7. The molecule has 0 saturated heterocycles. The number of aromatic hydroxyl groups is 1. The monoisotopic (exact) mass is 414 g/mol. The number of rotatable bonds is 6. The first-order valence-corrected chi connectivity index (χ1v) is 9.45. The van der Waals surface area contributed by atoms with Crippen molar-refractivity contribution in [2.75, 3.05) is 5.32 Å². The fraction of sp³-hybridized carbons (Fsp3) is 0.0500. The number of nitro benzene ring substituents is 1. The van der Waals surface area contributed by atoms with Crippen LogP contribution in [0.15, 0.2) is 77.7 Å². The van der Waals surface area contributed by atoms with Gasteiger partial charge in [-0.05, 0) is 42.0 Å². The number of anilines is 1. The molecule has 0 saturated carbocycles. The third kappa shape index (κ3) is 4.82. The predicted octanol–water partition coefficient (Wildman–Crippen LogP) is 5.43. The molecule has 0 aliphatic carbocycles. The lowest BCUT2D eigenvalue weighted by molar-refractivity contribution is -0.384. The molecule has 28 heavy (non-hydrogen) atoms. The minimum atomic E-state index is -0.599. The SMILES string of the molecule is O=C(Nc1ccc(Cl)c([N+](=O)[O-])c1)C(Sc1ccc(O)cc1)c1ccccc1. The third-order valence-corrected chi connectivity index (χ3v) is 5.43. The van der Waals surface area contributed by atoms with Crippen LogP contribution in [0.1, 0.15) is 10.8 Å². The van der Waals surface area contributed by atoms with Crippen LogP contribution in [0.25, 0.3) is 0 Å². The van der Waals surface area contributed by atoms with Crippen LogP contribution in [0.4, 0.5) is 11.4 Å². The Hall–Kier alpha value is -3.03. The van der Waals surface area contributed by atoms with E-state index in [4.69, 9.17) is 11.6 Å². The summed E-state index contributed by atoms with van der Waals surface area (Å²) in [6, 6.07) is 19.8. The average Bonchev–Trinajstić information content (AvgIpc) is 2.69. The van der Waals surface area contributed by atoms with Crippen LogP contribution in [0.2, 0.25) is 5.02 Å². The number of phenolic OH excluding ortho intramolecular Hbond substituents is 1. The van der Waals surface area contributed by atoms with Gasteiger partial charge in [0.1, 0.15) is 16.0 Å². The van der Waals surface area contributed by atoms with Gasteiger partial charge in [-0.1, -0.05) is 41.9 Å². The minimum absolute atomic E-state index is 0.000997. The molecule has 1 atom stereocenters. The second-order valence-electron chi connectivity index (χ2n) is 5.82. The maximum absolute atomic E-state index is 13.0. The lowest BCUT2D eigenvalue weighted by atomic mass is 10.1. The smallest absolute Gasteiger partial charge is 0.289 e. The lowest BCUT2D eigenvalue weighted by Crippen LogP contribution is -2.19. The Morgan fingerprint density at radius 2 is 1.75 bits per heavy atom. The number of nitro groups is 1. The van der Waals surface area contributed by atoms with E-state index in [-0.39, 0.29) is 28.1 Å². The molecule has 0 aliphatic heterocycles. The molecule has 3 aromatic carbocycles. The lowest BCUT2D eigenvalue weighted by Gasteiger charge is -2.17. The second-order valence-corrected chi connectivity index (χ2v) is 7.40. The van der Waals surface area contributed by atoms with Crippen molar-refractivity contribution in [1.29, 1.82) is 0 Å². The Balaban J connectivity index is 1.87. The topological polar surface area (TPSA) is 92.5 Å². The number of halogens is 1. The molecule has 3 rings (SSSR count). The summed E-state index contributed by atoms with van der Waals surface area (Å²) in [4.78, 5) is 24.2. The molecular formula is C20H15ClN2O4S. The van der Waals surface area contributed by atoms with E-state index in [2.05, 4.69) is 5.32 Å². The van der Waals surface area contributed by atoms with E-state index in [9.17, 15) is 20.0 Å². The van der Waals surface area contributed by atoms with E-state index >= 15 is 0 Å². The van der Waals surface area contributed by atoms with Gasteiger partial charge in [-0.25, -0.2) is 0 Å². The first-order valence-electron chi connectivity index (χ1n) is 8.19. The van der Waals surface area contributed by atoms with Crippen molar-refractivity contribution < 1.29 is 14.8 Å². The maximum atomic E-state index is 13.0. The number of hydrogen-bond donors (Lipinski definition) is 2. The Morgan fingerprint density at radius 1 is 1.07 bits per heavy atom. The summed E-state index contributed by atoms with van der Waals surface area (Å²) < 4.78 is 0. The zero-order chi connectivity index (χ0) is 20.1. The van der Waals surface area contributed by atoms with Crippen molar-refractivity contribution in [2.24, 2.45) is 0 Å². The van der Waals surface area contributed by atoms with Crippen molar-refractivity contribution in [3.05, 3.63) is 93.5 Å². The predicted molar refractivity (Wildman–Crippen MR) is 110 cm³/mol. The molecule has 0 aliphatic rings. The highest BCUT2D eigenvalue weighted by Crippen LogP contribution is 2.37. The summed E-state index contributed by atoms with van der Waals surface area (Å²) in [7, 11) is 0. The molecule has 1 amide bonds. The minimum Gasteiger partial charge on any atom is -0.508 e. The van der Waals surface area contributed by atoms with Crippen LogP contribution < -0.4 is 5.32 Å². The highest BCUT2D eigenvalue weighted by Gasteiger charge is 2.23. The van der Waals surface area contributed by atoms with Crippen molar-refractivity contribution in [3.63, 3.8) is 0 Å². The Kier molecular flexibility index (Phi) is 6.18. The van der Waals surface area contributed by atoms with Crippen LogP contribution in [0, 0.1) is 10.1 Å². The molecule has 2 N–H and O–H groups in total. The summed E-state index contributed by atoms with van der Waals surface area (Å²) in [5.74, 6) is -0.195. The summed E-state index contributed by atoms with van der Waals surface area (Å²) in [5, 5.41) is 22.6. The largest absolute Gasteiger partial charge is 0.508 e. The molecule has 142 valence electrons. The number of hydrogen-bond acceptors (Lipinski definition) is 5. The molecular weight excluding hydrogens is 400 g/mol. The summed E-state index contributed by atoms with van der Waals surface area (Å²) >= 11 is 7.14. The van der Waals surface area contributed by atoms with Gasteiger partial charge in [0.25, 0.3) is 5.69 Å². The standard InChI is InChI=1S/C20H15ClN2O4S/c21-17-11-6-14(12-18(17)23(26)27)22-20(25)19(13-4-2-1-3-5-13)28-16-9-7-15(24)8-10-16/h1-12,19,24H,(H,22,25). The summed E-state index contributed by atoms with van der Waals surface area (Å²) in [5.41, 5.74) is 0.789. The molecule has 8 heteroatoms. The average molecular weight is 415 g/mol. The maximum Gasteiger partial charge on any atom is 0.289 e. The van der Waals surface area contributed by atoms with E-state index in [0.717, 1.165) is 10.5 Å². The van der Waals surface area contributed by atoms with Crippen LogP contribution in [0.3, 0.4) is 0 Å². The van der Waals surface area contributed by atoms with Gasteiger partial charge in [0.15, 0.2) is 0 Å². The number of amides is 1. The van der Waals surface area contributed by atoms with Crippen molar-refractivity contribution in [3.8, 4) is 5.75 Å². The van der Waals surface area contributed by atoms with Gasteiger partial charge >= 0.3 is 0 Å². The fourth-order valence-corrected chi connectivity index (χ4v) is 3.71. The number of carbonyl (C=O) groups is 1. The number of phenols is 1. The molecule has 1 unspecified atom stereocenters. The molecule has 0 aromatic heterocycles. The summed E-state index contributed by atoms with van der Waals surface area (Å²) in [6.07, 6.45) is 0. The van der Waals surface area contributed by atoms with E-state index in [1.54, 1.807) is 24.3 Å². The van der Waals surface area contributed by atoms with E-state index < -0.39 is 10.2 Å². The van der Waals surface area contributed by atoms with Crippen LogP contribution >= 0.6 is 23.4 Å². The molecule has 3 aromatic rings. The van der Waals surface area contributed by atoms with Crippen LogP contribution in [-0.4, -0.2) is 15.9 Å². The normalized spacial score (nSPS) is 11.6. The van der Waals surface area contributed by atoms with Crippen molar-refractivity contribution in [1.82, 2.24) is 0 Å². The van der Waals surface area contributed by atoms with Gasteiger partial charge < -0.3 is 10.4 Å². The Labute approximate surface area is 170 Å². The van der Waals surface area contributed by atoms with Crippen LogP contribution in [-0.2, 0) is 4.79 Å². The fourth-order valence-electron chi connectivity index (χ4n) is 2.50. The van der Waals surface area contributed by atoms with Gasteiger partial charge in [0.2, 0.25) is 5.91 Å². The summed E-state index contributed by atoms with van der Waals surface area (Å²) in [6.45, 7) is 0. The van der Waals surface area contributed by atoms with Gasteiger partial charge in [0, 0.05) is 16.6 Å². The van der Waals surface area contributed by atoms with Gasteiger partial charge in [-0.15, -0.1) is 11.8 Å². The number of thioether (sulfide) groups is 1. The molecule has 0 bridgehead atoms.